The average Bonchev–Trinajstić information content (AvgIpc) is 3.32. The lowest BCUT2D eigenvalue weighted by molar-refractivity contribution is -0.137. The molecule has 0 saturated heterocycles. The van der Waals surface area contributed by atoms with Crippen LogP contribution < -0.4 is 4.90 Å². The number of H-pyrrole nitrogens is 1. The van der Waals surface area contributed by atoms with Crippen molar-refractivity contribution in [2.75, 3.05) is 4.90 Å². The Balaban J connectivity index is 1.53. The number of benzene rings is 2. The van der Waals surface area contributed by atoms with E-state index in [4.69, 9.17) is 11.6 Å². The van der Waals surface area contributed by atoms with E-state index in [1.807, 2.05) is 6.07 Å². The van der Waals surface area contributed by atoms with Gasteiger partial charge < -0.3 is 4.98 Å². The van der Waals surface area contributed by atoms with Crippen LogP contribution in [0, 0.1) is 0 Å². The largest absolute Gasteiger partial charge is 0.416 e. The number of hydrogen-bond acceptors (Lipinski definition) is 5. The van der Waals surface area contributed by atoms with Crippen LogP contribution in [-0.4, -0.2) is 20.9 Å². The molecule has 5 nitrogen and oxygen atoms in total. The van der Waals surface area contributed by atoms with Gasteiger partial charge in [-0.15, -0.1) is 11.3 Å². The third-order valence-electron chi connectivity index (χ3n) is 4.26. The first-order valence-electron chi connectivity index (χ1n) is 8.91. The Morgan fingerprint density at radius 1 is 1.23 bits per heavy atom. The van der Waals surface area contributed by atoms with Crippen LogP contribution in [0.1, 0.15) is 18.2 Å². The van der Waals surface area contributed by atoms with E-state index < -0.39 is 17.6 Å². The van der Waals surface area contributed by atoms with Crippen molar-refractivity contribution in [3.63, 3.8) is 0 Å². The van der Waals surface area contributed by atoms with Crippen LogP contribution in [0.4, 0.5) is 24.0 Å². The van der Waals surface area contributed by atoms with E-state index in [-0.39, 0.29) is 5.69 Å². The Bertz CT molecular complexity index is 1250. The number of anilines is 2. The minimum absolute atomic E-state index is 0.116. The van der Waals surface area contributed by atoms with Crippen molar-refractivity contribution in [1.29, 1.82) is 0 Å². The molecule has 2 aromatic carbocycles. The average molecular weight is 483 g/mol. The van der Waals surface area contributed by atoms with Crippen LogP contribution in [0.5, 0.6) is 0 Å². The first-order chi connectivity index (χ1) is 14.7. The van der Waals surface area contributed by atoms with Crippen molar-refractivity contribution >= 4 is 62.5 Å². The number of nitrogens with one attached hydrogen (secondary N) is 1. The molecule has 160 valence electrons. The summed E-state index contributed by atoms with van der Waals surface area (Å²) in [5.74, 6) is 0.0420. The number of rotatable bonds is 5. The highest BCUT2D eigenvalue weighted by Crippen LogP contribution is 2.35. The number of hydrogen-bond donors (Lipinski definition) is 1. The number of aromatic amines is 1. The molecule has 4 aromatic rings. The maximum Gasteiger partial charge on any atom is 0.416 e. The van der Waals surface area contributed by atoms with E-state index in [2.05, 4.69) is 15.0 Å². The molecule has 0 spiro atoms. The van der Waals surface area contributed by atoms with Gasteiger partial charge in [-0.3, -0.25) is 9.69 Å². The molecule has 0 bridgehead atoms. The van der Waals surface area contributed by atoms with Crippen LogP contribution in [0.2, 0.25) is 5.02 Å². The monoisotopic (exact) mass is 482 g/mol. The second kappa shape index (κ2) is 8.52. The molecule has 0 atom stereocenters. The van der Waals surface area contributed by atoms with Gasteiger partial charge in [0.05, 0.1) is 28.0 Å². The first-order valence-corrected chi connectivity index (χ1v) is 11.2. The normalized spacial score (nSPS) is 11.8. The van der Waals surface area contributed by atoms with E-state index in [0.29, 0.717) is 26.8 Å². The molecule has 0 fully saturated rings. The molecule has 0 aliphatic carbocycles. The number of nitrogens with zero attached hydrogens (tertiary/aromatic N) is 3. The van der Waals surface area contributed by atoms with Crippen molar-refractivity contribution in [2.45, 2.75) is 24.0 Å². The molecule has 1 amide bonds. The second-order valence-corrected chi connectivity index (χ2v) is 8.75. The second-order valence-electron chi connectivity index (χ2n) is 6.52. The summed E-state index contributed by atoms with van der Waals surface area (Å²) in [6, 6.07) is 9.99. The number of fused-ring (bicyclic) bond motifs is 1. The number of aromatic nitrogens is 3. The van der Waals surface area contributed by atoms with Gasteiger partial charge >= 0.3 is 6.18 Å². The van der Waals surface area contributed by atoms with Crippen LogP contribution in [0.3, 0.4) is 0 Å². The molecule has 0 aliphatic rings. The van der Waals surface area contributed by atoms with E-state index >= 15 is 0 Å². The van der Waals surface area contributed by atoms with Gasteiger partial charge in [-0.2, -0.15) is 13.2 Å². The van der Waals surface area contributed by atoms with Gasteiger partial charge in [-0.05, 0) is 36.4 Å². The van der Waals surface area contributed by atoms with Crippen LogP contribution in [-0.2, 0) is 16.7 Å². The predicted molar refractivity (Wildman–Crippen MR) is 117 cm³/mol. The van der Waals surface area contributed by atoms with Gasteiger partial charge in [0, 0.05) is 23.1 Å². The van der Waals surface area contributed by atoms with E-state index in [9.17, 15) is 18.0 Å². The Morgan fingerprint density at radius 2 is 2.03 bits per heavy atom. The molecule has 2 heterocycles. The van der Waals surface area contributed by atoms with Crippen LogP contribution in [0.15, 0.2) is 53.0 Å². The molecular weight excluding hydrogens is 469 g/mol. The standard InChI is InChI=1S/C20H14ClF3N4OS2/c1-11(29)28(15-4-2-3-12(7-15)20(22,23)24)19-25-14(10-31-19)9-30-18-26-16-6-5-13(21)8-17(16)27-18/h2-8,10H,9H2,1H3,(H,26,27). The number of imidazole rings is 1. The van der Waals surface area contributed by atoms with Gasteiger partial charge in [0.2, 0.25) is 5.91 Å². The summed E-state index contributed by atoms with van der Waals surface area (Å²) in [7, 11) is 0. The minimum Gasteiger partial charge on any atom is -0.333 e. The zero-order chi connectivity index (χ0) is 22.2. The fourth-order valence-corrected chi connectivity index (χ4v) is 4.82. The number of thioether (sulfide) groups is 1. The third-order valence-corrected chi connectivity index (χ3v) is 6.27. The predicted octanol–water partition coefficient (Wildman–Crippen LogP) is 6.67. The van der Waals surface area contributed by atoms with Gasteiger partial charge in [0.1, 0.15) is 0 Å². The molecule has 0 saturated carbocycles. The molecule has 0 unspecified atom stereocenters. The summed E-state index contributed by atoms with van der Waals surface area (Å²) in [6.07, 6.45) is -4.50. The van der Waals surface area contributed by atoms with E-state index in [1.54, 1.807) is 17.5 Å². The van der Waals surface area contributed by atoms with Gasteiger partial charge in [-0.25, -0.2) is 9.97 Å². The molecule has 1 N–H and O–H groups in total. The highest BCUT2D eigenvalue weighted by atomic mass is 35.5. The SMILES string of the molecule is CC(=O)N(c1cccc(C(F)(F)F)c1)c1nc(CSc2nc3ccc(Cl)cc3[nH]2)cs1. The van der Waals surface area contributed by atoms with E-state index in [0.717, 1.165) is 23.2 Å². The van der Waals surface area contributed by atoms with Crippen molar-refractivity contribution in [2.24, 2.45) is 0 Å². The molecule has 2 aromatic heterocycles. The fraction of sp³-hybridized carbons (Fsp3) is 0.150. The van der Waals surface area contributed by atoms with Crippen molar-refractivity contribution in [3.05, 3.63) is 64.1 Å². The van der Waals surface area contributed by atoms with Gasteiger partial charge in [0.25, 0.3) is 0 Å². The summed E-state index contributed by atoms with van der Waals surface area (Å²) in [4.78, 5) is 25.5. The first kappa shape index (κ1) is 21.7. The summed E-state index contributed by atoms with van der Waals surface area (Å²) in [6.45, 7) is 1.29. The van der Waals surface area contributed by atoms with Crippen LogP contribution >= 0.6 is 34.7 Å². The smallest absolute Gasteiger partial charge is 0.333 e. The molecular formula is C20H14ClF3N4OS2. The number of carbonyl (C=O) groups excluding carboxylic acids is 1. The van der Waals surface area contributed by atoms with Crippen molar-refractivity contribution in [3.8, 4) is 0 Å². The molecule has 0 radical (unpaired) electrons. The number of carbonyl (C=O) groups is 1. The number of thiazole rings is 1. The number of amides is 1. The highest BCUT2D eigenvalue weighted by molar-refractivity contribution is 7.98. The van der Waals surface area contributed by atoms with E-state index in [1.165, 1.54) is 47.1 Å². The van der Waals surface area contributed by atoms with Crippen molar-refractivity contribution < 1.29 is 18.0 Å². The molecule has 0 aliphatic heterocycles. The summed E-state index contributed by atoms with van der Waals surface area (Å²) < 4.78 is 39.2. The Hall–Kier alpha value is -2.56. The molecule has 4 rings (SSSR count). The van der Waals surface area contributed by atoms with Gasteiger partial charge in [-0.1, -0.05) is 29.4 Å². The zero-order valence-electron chi connectivity index (χ0n) is 15.9. The quantitative estimate of drug-likeness (QED) is 0.323. The Labute approximate surface area is 188 Å². The third kappa shape index (κ3) is 4.86. The maximum atomic E-state index is 13.1. The lowest BCUT2D eigenvalue weighted by Gasteiger charge is -2.19. The minimum atomic E-state index is -4.50. The lowest BCUT2D eigenvalue weighted by Crippen LogP contribution is -2.23. The Kier molecular flexibility index (Phi) is 5.96. The van der Waals surface area contributed by atoms with Gasteiger partial charge in [0.15, 0.2) is 10.3 Å². The summed E-state index contributed by atoms with van der Waals surface area (Å²) in [5, 5.41) is 3.37. The highest BCUT2D eigenvalue weighted by Gasteiger charge is 2.31. The topological polar surface area (TPSA) is 61.9 Å². The summed E-state index contributed by atoms with van der Waals surface area (Å²) in [5.41, 5.74) is 1.58. The van der Waals surface area contributed by atoms with Crippen LogP contribution in [0.25, 0.3) is 11.0 Å². The number of halogens is 4. The fourth-order valence-electron chi connectivity index (χ4n) is 2.88. The lowest BCUT2D eigenvalue weighted by atomic mass is 10.2. The van der Waals surface area contributed by atoms with Crippen molar-refractivity contribution in [1.82, 2.24) is 15.0 Å². The maximum absolute atomic E-state index is 13.1. The Morgan fingerprint density at radius 3 is 2.77 bits per heavy atom. The molecule has 31 heavy (non-hydrogen) atoms. The molecule has 11 heteroatoms. The summed E-state index contributed by atoms with van der Waals surface area (Å²) >= 11 is 8.60. The zero-order valence-corrected chi connectivity index (χ0v) is 18.3. The number of alkyl halides is 3.